The molecule has 0 atom stereocenters. The Balaban J connectivity index is 1.44. The summed E-state index contributed by atoms with van der Waals surface area (Å²) in [6, 6.07) is 17.5. The van der Waals surface area contributed by atoms with Crippen molar-refractivity contribution in [3.05, 3.63) is 65.2 Å². The van der Waals surface area contributed by atoms with Gasteiger partial charge in [-0.2, -0.15) is 5.26 Å². The number of carbonyl (C=O) groups excluding carboxylic acids is 1. The highest BCUT2D eigenvalue weighted by Gasteiger charge is 2.21. The zero-order chi connectivity index (χ0) is 18.4. The van der Waals surface area contributed by atoms with E-state index < -0.39 is 0 Å². The molecule has 3 rings (SSSR count). The molecular formula is C21H23N3O2. The van der Waals surface area contributed by atoms with Crippen molar-refractivity contribution in [3.63, 3.8) is 0 Å². The molecule has 0 bridgehead atoms. The van der Waals surface area contributed by atoms with Gasteiger partial charge in [-0.15, -0.1) is 0 Å². The fourth-order valence-corrected chi connectivity index (χ4v) is 3.04. The van der Waals surface area contributed by atoms with Crippen LogP contribution in [0.25, 0.3) is 0 Å². The van der Waals surface area contributed by atoms with Crippen molar-refractivity contribution in [2.45, 2.75) is 13.5 Å². The Hall–Kier alpha value is -2.84. The van der Waals surface area contributed by atoms with E-state index in [4.69, 9.17) is 10.00 Å². The SMILES string of the molecule is Cc1cccc(OCC(=O)N2CCN(Cc3ccc(C#N)cc3)CC2)c1. The Morgan fingerprint density at radius 1 is 1.12 bits per heavy atom. The molecule has 5 nitrogen and oxygen atoms in total. The molecule has 0 N–H and O–H groups in total. The predicted molar refractivity (Wildman–Crippen MR) is 99.7 cm³/mol. The summed E-state index contributed by atoms with van der Waals surface area (Å²) in [5.41, 5.74) is 2.98. The van der Waals surface area contributed by atoms with Crippen LogP contribution in [-0.4, -0.2) is 48.5 Å². The molecule has 1 aliphatic heterocycles. The highest BCUT2D eigenvalue weighted by molar-refractivity contribution is 5.77. The van der Waals surface area contributed by atoms with Crippen molar-refractivity contribution < 1.29 is 9.53 Å². The number of amides is 1. The molecule has 1 amide bonds. The van der Waals surface area contributed by atoms with E-state index in [-0.39, 0.29) is 12.5 Å². The number of ether oxygens (including phenoxy) is 1. The first-order valence-corrected chi connectivity index (χ1v) is 8.83. The zero-order valence-electron chi connectivity index (χ0n) is 15.0. The molecule has 0 spiro atoms. The lowest BCUT2D eigenvalue weighted by Gasteiger charge is -2.34. The lowest BCUT2D eigenvalue weighted by atomic mass is 10.1. The minimum atomic E-state index is 0.0320. The van der Waals surface area contributed by atoms with Crippen LogP contribution in [0.5, 0.6) is 5.75 Å². The van der Waals surface area contributed by atoms with Gasteiger partial charge in [0.2, 0.25) is 0 Å². The summed E-state index contributed by atoms with van der Waals surface area (Å²) in [6.45, 7) is 6.04. The van der Waals surface area contributed by atoms with Crippen molar-refractivity contribution in [1.82, 2.24) is 9.80 Å². The van der Waals surface area contributed by atoms with Crippen LogP contribution in [-0.2, 0) is 11.3 Å². The highest BCUT2D eigenvalue weighted by Crippen LogP contribution is 2.13. The van der Waals surface area contributed by atoms with Crippen molar-refractivity contribution in [1.29, 1.82) is 5.26 Å². The van der Waals surface area contributed by atoms with E-state index in [1.165, 1.54) is 5.56 Å². The van der Waals surface area contributed by atoms with E-state index in [9.17, 15) is 4.79 Å². The first-order chi connectivity index (χ1) is 12.6. The molecule has 26 heavy (non-hydrogen) atoms. The molecule has 0 unspecified atom stereocenters. The topological polar surface area (TPSA) is 56.6 Å². The van der Waals surface area contributed by atoms with Gasteiger partial charge in [-0.1, -0.05) is 24.3 Å². The lowest BCUT2D eigenvalue weighted by molar-refractivity contribution is -0.135. The quantitative estimate of drug-likeness (QED) is 0.833. The summed E-state index contributed by atoms with van der Waals surface area (Å²) in [7, 11) is 0. The van der Waals surface area contributed by atoms with Crippen LogP contribution in [0.2, 0.25) is 0 Å². The second-order valence-electron chi connectivity index (χ2n) is 6.57. The molecule has 5 heteroatoms. The molecule has 1 aliphatic rings. The molecule has 134 valence electrons. The van der Waals surface area contributed by atoms with Gasteiger partial charge in [0, 0.05) is 32.7 Å². The molecule has 0 saturated carbocycles. The largest absolute Gasteiger partial charge is 0.484 e. The second-order valence-corrected chi connectivity index (χ2v) is 6.57. The normalized spacial score (nSPS) is 14.7. The van der Waals surface area contributed by atoms with Gasteiger partial charge in [0.05, 0.1) is 11.6 Å². The minimum absolute atomic E-state index is 0.0320. The highest BCUT2D eigenvalue weighted by atomic mass is 16.5. The summed E-state index contributed by atoms with van der Waals surface area (Å²) in [5, 5.41) is 8.85. The molecule has 2 aromatic carbocycles. The Morgan fingerprint density at radius 3 is 2.50 bits per heavy atom. The van der Waals surface area contributed by atoms with Crippen LogP contribution < -0.4 is 4.74 Å². The number of rotatable bonds is 5. The van der Waals surface area contributed by atoms with Gasteiger partial charge in [0.1, 0.15) is 5.75 Å². The predicted octanol–water partition coefficient (Wildman–Crippen LogP) is 2.59. The number of hydrogen-bond acceptors (Lipinski definition) is 4. The fourth-order valence-electron chi connectivity index (χ4n) is 3.04. The number of nitrogens with zero attached hydrogens (tertiary/aromatic N) is 3. The van der Waals surface area contributed by atoms with Crippen LogP contribution in [0.15, 0.2) is 48.5 Å². The maximum atomic E-state index is 12.3. The van der Waals surface area contributed by atoms with Gasteiger partial charge in [0.25, 0.3) is 5.91 Å². The standard InChI is InChI=1S/C21H23N3O2/c1-17-3-2-4-20(13-17)26-16-21(25)24-11-9-23(10-12-24)15-19-7-5-18(14-22)6-8-19/h2-8,13H,9-12,15-16H2,1H3. The van der Waals surface area contributed by atoms with Gasteiger partial charge in [-0.25, -0.2) is 0 Å². The van der Waals surface area contributed by atoms with Crippen molar-refractivity contribution in [2.24, 2.45) is 0 Å². The van der Waals surface area contributed by atoms with E-state index in [1.807, 2.05) is 60.4 Å². The summed E-state index contributed by atoms with van der Waals surface area (Å²) in [5.74, 6) is 0.766. The number of aryl methyl sites for hydroxylation is 1. The van der Waals surface area contributed by atoms with E-state index in [0.717, 1.165) is 30.9 Å². The van der Waals surface area contributed by atoms with Crippen LogP contribution in [0.4, 0.5) is 0 Å². The average molecular weight is 349 g/mol. The van der Waals surface area contributed by atoms with Gasteiger partial charge in [-0.05, 0) is 42.3 Å². The summed E-state index contributed by atoms with van der Waals surface area (Å²) < 4.78 is 5.61. The molecule has 0 aliphatic carbocycles. The number of piperazine rings is 1. The Morgan fingerprint density at radius 2 is 1.85 bits per heavy atom. The fraction of sp³-hybridized carbons (Fsp3) is 0.333. The molecular weight excluding hydrogens is 326 g/mol. The summed E-state index contributed by atoms with van der Waals surface area (Å²) in [4.78, 5) is 16.5. The molecule has 0 aromatic heterocycles. The van der Waals surface area contributed by atoms with Crippen LogP contribution >= 0.6 is 0 Å². The van der Waals surface area contributed by atoms with E-state index >= 15 is 0 Å². The lowest BCUT2D eigenvalue weighted by Crippen LogP contribution is -2.49. The Labute approximate surface area is 154 Å². The first-order valence-electron chi connectivity index (χ1n) is 8.83. The monoisotopic (exact) mass is 349 g/mol. The van der Waals surface area contributed by atoms with E-state index in [2.05, 4.69) is 11.0 Å². The average Bonchev–Trinajstić information content (AvgIpc) is 2.67. The summed E-state index contributed by atoms with van der Waals surface area (Å²) in [6.07, 6.45) is 0. The summed E-state index contributed by atoms with van der Waals surface area (Å²) >= 11 is 0. The maximum Gasteiger partial charge on any atom is 0.260 e. The second kappa shape index (κ2) is 8.50. The molecule has 1 saturated heterocycles. The van der Waals surface area contributed by atoms with E-state index in [1.54, 1.807) is 0 Å². The van der Waals surface area contributed by atoms with Crippen molar-refractivity contribution in [3.8, 4) is 11.8 Å². The molecule has 1 fully saturated rings. The molecule has 2 aromatic rings. The third kappa shape index (κ3) is 4.84. The number of carbonyl (C=O) groups is 1. The third-order valence-electron chi connectivity index (χ3n) is 4.57. The molecule has 0 radical (unpaired) electrons. The third-order valence-corrected chi connectivity index (χ3v) is 4.57. The van der Waals surface area contributed by atoms with Gasteiger partial charge in [0.15, 0.2) is 6.61 Å². The van der Waals surface area contributed by atoms with Crippen LogP contribution in [0, 0.1) is 18.3 Å². The van der Waals surface area contributed by atoms with Gasteiger partial charge < -0.3 is 9.64 Å². The van der Waals surface area contributed by atoms with Crippen molar-refractivity contribution >= 4 is 5.91 Å². The smallest absolute Gasteiger partial charge is 0.260 e. The van der Waals surface area contributed by atoms with Crippen LogP contribution in [0.3, 0.4) is 0 Å². The first kappa shape index (κ1) is 18.0. The minimum Gasteiger partial charge on any atom is -0.484 e. The van der Waals surface area contributed by atoms with E-state index in [0.29, 0.717) is 18.7 Å². The maximum absolute atomic E-state index is 12.3. The number of hydrogen-bond donors (Lipinski definition) is 0. The Kier molecular flexibility index (Phi) is 5.88. The van der Waals surface area contributed by atoms with Gasteiger partial charge >= 0.3 is 0 Å². The molecule has 1 heterocycles. The number of nitriles is 1. The van der Waals surface area contributed by atoms with Crippen molar-refractivity contribution in [2.75, 3.05) is 32.8 Å². The Bertz CT molecular complexity index is 788. The zero-order valence-corrected chi connectivity index (χ0v) is 15.0. The number of benzene rings is 2. The van der Waals surface area contributed by atoms with Gasteiger partial charge in [-0.3, -0.25) is 9.69 Å². The van der Waals surface area contributed by atoms with Crippen LogP contribution in [0.1, 0.15) is 16.7 Å².